The summed E-state index contributed by atoms with van der Waals surface area (Å²) in [6.07, 6.45) is 1.48. The van der Waals surface area contributed by atoms with Crippen LogP contribution >= 0.6 is 0 Å². The Morgan fingerprint density at radius 3 is 2.50 bits per heavy atom. The molecular formula is C18H16N2O5S. The predicted molar refractivity (Wildman–Crippen MR) is 94.9 cm³/mol. The Morgan fingerprint density at radius 1 is 1.00 bits per heavy atom. The maximum Gasteiger partial charge on any atom is 0.264 e. The average molecular weight is 372 g/mol. The fraction of sp³-hybridized carbons (Fsp3) is 0.167. The summed E-state index contributed by atoms with van der Waals surface area (Å²) < 4.78 is 43.9. The summed E-state index contributed by atoms with van der Waals surface area (Å²) in [6, 6.07) is 12.1. The zero-order valence-corrected chi connectivity index (χ0v) is 14.7. The third-order valence-corrected chi connectivity index (χ3v) is 5.31. The molecule has 26 heavy (non-hydrogen) atoms. The highest BCUT2D eigenvalue weighted by molar-refractivity contribution is 7.92. The van der Waals surface area contributed by atoms with Crippen LogP contribution < -0.4 is 14.2 Å². The van der Waals surface area contributed by atoms with Crippen molar-refractivity contribution in [1.29, 1.82) is 0 Å². The van der Waals surface area contributed by atoms with E-state index in [2.05, 4.69) is 9.88 Å². The maximum absolute atomic E-state index is 12.7. The van der Waals surface area contributed by atoms with E-state index in [-0.39, 0.29) is 10.8 Å². The fourth-order valence-corrected chi connectivity index (χ4v) is 3.64. The van der Waals surface area contributed by atoms with Gasteiger partial charge in [-0.25, -0.2) is 13.1 Å². The van der Waals surface area contributed by atoms with Gasteiger partial charge in [-0.2, -0.15) is 0 Å². The summed E-state index contributed by atoms with van der Waals surface area (Å²) in [5.41, 5.74) is 2.46. The standard InChI is InChI=1S/C18H16N2O5S/c1-12-2-4-13(5-3-12)15-11-19-25-18(15)20-26(21,22)14-6-7-16-17(10-14)24-9-8-23-16/h2-7,10-11,20H,8-9H2,1H3. The Bertz CT molecular complexity index is 1040. The Kier molecular flexibility index (Phi) is 4.04. The molecule has 1 aromatic heterocycles. The number of nitrogens with one attached hydrogen (secondary N) is 1. The van der Waals surface area contributed by atoms with Gasteiger partial charge in [0.1, 0.15) is 13.2 Å². The number of aryl methyl sites for hydroxylation is 1. The number of rotatable bonds is 4. The lowest BCUT2D eigenvalue weighted by molar-refractivity contribution is 0.171. The highest BCUT2D eigenvalue weighted by Crippen LogP contribution is 2.34. The van der Waals surface area contributed by atoms with E-state index in [1.54, 1.807) is 6.07 Å². The van der Waals surface area contributed by atoms with Crippen LogP contribution in [0.2, 0.25) is 0 Å². The van der Waals surface area contributed by atoms with Gasteiger partial charge in [0.15, 0.2) is 11.5 Å². The van der Waals surface area contributed by atoms with Gasteiger partial charge >= 0.3 is 0 Å². The second kappa shape index (κ2) is 6.38. The van der Waals surface area contributed by atoms with Gasteiger partial charge in [0.05, 0.1) is 16.7 Å². The van der Waals surface area contributed by atoms with Crippen LogP contribution in [0.4, 0.5) is 5.88 Å². The van der Waals surface area contributed by atoms with Crippen molar-refractivity contribution < 1.29 is 22.4 Å². The van der Waals surface area contributed by atoms with Crippen LogP contribution in [0.3, 0.4) is 0 Å². The van der Waals surface area contributed by atoms with Gasteiger partial charge in [-0.3, -0.25) is 0 Å². The molecule has 2 heterocycles. The zero-order valence-electron chi connectivity index (χ0n) is 13.9. The Hall–Kier alpha value is -3.00. The lowest BCUT2D eigenvalue weighted by atomic mass is 10.1. The Morgan fingerprint density at radius 2 is 1.73 bits per heavy atom. The van der Waals surface area contributed by atoms with Gasteiger partial charge in [0.2, 0.25) is 5.88 Å². The van der Waals surface area contributed by atoms with Crippen molar-refractivity contribution in [3.05, 3.63) is 54.2 Å². The van der Waals surface area contributed by atoms with Gasteiger partial charge in [0, 0.05) is 6.07 Å². The number of hydrogen-bond acceptors (Lipinski definition) is 6. The van der Waals surface area contributed by atoms with Gasteiger partial charge < -0.3 is 14.0 Å². The van der Waals surface area contributed by atoms with Crippen molar-refractivity contribution in [2.45, 2.75) is 11.8 Å². The number of hydrogen-bond donors (Lipinski definition) is 1. The first-order chi connectivity index (χ1) is 12.5. The van der Waals surface area contributed by atoms with E-state index in [1.165, 1.54) is 18.3 Å². The Balaban J connectivity index is 1.65. The van der Waals surface area contributed by atoms with Crippen LogP contribution in [0.25, 0.3) is 11.1 Å². The first-order valence-corrected chi connectivity index (χ1v) is 9.45. The molecule has 0 atom stereocenters. The number of fused-ring (bicyclic) bond motifs is 1. The molecule has 0 amide bonds. The SMILES string of the molecule is Cc1ccc(-c2cnoc2NS(=O)(=O)c2ccc3c(c2)OCCO3)cc1. The lowest BCUT2D eigenvalue weighted by Gasteiger charge is -2.18. The van der Waals surface area contributed by atoms with E-state index in [9.17, 15) is 8.42 Å². The molecule has 134 valence electrons. The smallest absolute Gasteiger partial charge is 0.264 e. The molecular weight excluding hydrogens is 356 g/mol. The van der Waals surface area contributed by atoms with E-state index in [0.717, 1.165) is 11.1 Å². The van der Waals surface area contributed by atoms with E-state index in [1.807, 2.05) is 31.2 Å². The van der Waals surface area contributed by atoms with E-state index in [0.29, 0.717) is 30.3 Å². The van der Waals surface area contributed by atoms with Gasteiger partial charge in [-0.05, 0) is 24.6 Å². The van der Waals surface area contributed by atoms with Gasteiger partial charge in [-0.1, -0.05) is 35.0 Å². The molecule has 8 heteroatoms. The Labute approximate surface area is 150 Å². The monoisotopic (exact) mass is 372 g/mol. The zero-order chi connectivity index (χ0) is 18.1. The first kappa shape index (κ1) is 16.5. The quantitative estimate of drug-likeness (QED) is 0.756. The van der Waals surface area contributed by atoms with Crippen molar-refractivity contribution in [2.24, 2.45) is 0 Å². The lowest BCUT2D eigenvalue weighted by Crippen LogP contribution is -2.17. The van der Waals surface area contributed by atoms with Crippen LogP contribution in [-0.2, 0) is 10.0 Å². The molecule has 0 saturated carbocycles. The largest absolute Gasteiger partial charge is 0.486 e. The summed E-state index contributed by atoms with van der Waals surface area (Å²) >= 11 is 0. The minimum atomic E-state index is -3.87. The van der Waals surface area contributed by atoms with E-state index in [4.69, 9.17) is 14.0 Å². The number of sulfonamides is 1. The third-order valence-electron chi connectivity index (χ3n) is 3.98. The number of benzene rings is 2. The second-order valence-electron chi connectivity index (χ2n) is 5.85. The topological polar surface area (TPSA) is 90.7 Å². The molecule has 1 aliphatic rings. The normalized spacial score (nSPS) is 13.4. The van der Waals surface area contributed by atoms with E-state index >= 15 is 0 Å². The number of nitrogens with zero attached hydrogens (tertiary/aromatic N) is 1. The average Bonchev–Trinajstić information content (AvgIpc) is 3.09. The van der Waals surface area contributed by atoms with Crippen molar-refractivity contribution in [3.8, 4) is 22.6 Å². The van der Waals surface area contributed by atoms with Crippen molar-refractivity contribution in [1.82, 2.24) is 5.16 Å². The molecule has 7 nitrogen and oxygen atoms in total. The highest BCUT2D eigenvalue weighted by Gasteiger charge is 2.22. The van der Waals surface area contributed by atoms with Crippen LogP contribution in [0, 0.1) is 6.92 Å². The molecule has 2 aromatic carbocycles. The summed E-state index contributed by atoms with van der Waals surface area (Å²) in [5.74, 6) is 0.981. The molecule has 0 fully saturated rings. The summed E-state index contributed by atoms with van der Waals surface area (Å²) in [5, 5.41) is 3.72. The van der Waals surface area contributed by atoms with Crippen LogP contribution in [0.1, 0.15) is 5.56 Å². The molecule has 1 aliphatic heterocycles. The minimum absolute atomic E-state index is 0.0491. The molecule has 3 aromatic rings. The fourth-order valence-electron chi connectivity index (χ4n) is 2.62. The summed E-state index contributed by atoms with van der Waals surface area (Å²) in [6.45, 7) is 2.79. The van der Waals surface area contributed by atoms with Crippen LogP contribution in [0.15, 0.2) is 58.1 Å². The summed E-state index contributed by atoms with van der Waals surface area (Å²) in [7, 11) is -3.87. The highest BCUT2D eigenvalue weighted by atomic mass is 32.2. The van der Waals surface area contributed by atoms with Gasteiger partial charge in [-0.15, -0.1) is 0 Å². The van der Waals surface area contributed by atoms with Crippen LogP contribution in [-0.4, -0.2) is 26.8 Å². The molecule has 0 aliphatic carbocycles. The van der Waals surface area contributed by atoms with Crippen molar-refractivity contribution in [2.75, 3.05) is 17.9 Å². The molecule has 4 rings (SSSR count). The minimum Gasteiger partial charge on any atom is -0.486 e. The third kappa shape index (κ3) is 3.11. The van der Waals surface area contributed by atoms with Gasteiger partial charge in [0.25, 0.3) is 10.0 Å². The number of aromatic nitrogens is 1. The molecule has 0 bridgehead atoms. The van der Waals surface area contributed by atoms with Crippen molar-refractivity contribution in [3.63, 3.8) is 0 Å². The number of anilines is 1. The molecule has 0 radical (unpaired) electrons. The maximum atomic E-state index is 12.7. The molecule has 1 N–H and O–H groups in total. The molecule has 0 saturated heterocycles. The van der Waals surface area contributed by atoms with E-state index < -0.39 is 10.0 Å². The summed E-state index contributed by atoms with van der Waals surface area (Å²) in [4.78, 5) is 0.0491. The van der Waals surface area contributed by atoms with Crippen LogP contribution in [0.5, 0.6) is 11.5 Å². The number of ether oxygens (including phenoxy) is 2. The molecule has 0 spiro atoms. The first-order valence-electron chi connectivity index (χ1n) is 7.97. The van der Waals surface area contributed by atoms with Crippen molar-refractivity contribution >= 4 is 15.9 Å². The molecule has 0 unspecified atom stereocenters. The predicted octanol–water partition coefficient (Wildman–Crippen LogP) is 3.22. The second-order valence-corrected chi connectivity index (χ2v) is 7.53.